The van der Waals surface area contributed by atoms with Crippen molar-refractivity contribution in [2.24, 2.45) is 0 Å². The molecule has 3 heterocycles. The summed E-state index contributed by atoms with van der Waals surface area (Å²) < 4.78 is 1.59. The number of fused-ring (bicyclic) bond motifs is 1. The molecule has 1 saturated heterocycles. The second-order valence-electron chi connectivity index (χ2n) is 10.1. The van der Waals surface area contributed by atoms with Crippen molar-refractivity contribution in [3.8, 4) is 0 Å². The minimum atomic E-state index is -0.209. The van der Waals surface area contributed by atoms with Crippen LogP contribution >= 0.6 is 0 Å². The maximum absolute atomic E-state index is 13.0. The molecule has 0 unspecified atom stereocenters. The highest BCUT2D eigenvalue weighted by atomic mass is 16.3. The van der Waals surface area contributed by atoms with Crippen molar-refractivity contribution < 1.29 is 14.7 Å². The zero-order valence-corrected chi connectivity index (χ0v) is 23.6. The summed E-state index contributed by atoms with van der Waals surface area (Å²) in [6, 6.07) is 19.2. The highest BCUT2D eigenvalue weighted by Crippen LogP contribution is 2.30. The minimum Gasteiger partial charge on any atom is -0.395 e. The first kappa shape index (κ1) is 28.3. The average molecular weight is 556 g/mol. The van der Waals surface area contributed by atoms with E-state index >= 15 is 0 Å². The topological polar surface area (TPSA) is 106 Å². The summed E-state index contributed by atoms with van der Waals surface area (Å²) >= 11 is 0. The molecule has 0 spiro atoms. The SMILES string of the molecule is CCN(c1ccnc(NC(=O)c2ccc(CN3CCN(CCO)CC3)cc2)c1)c1ccc2c(ccn2C(=O)NC)c1. The van der Waals surface area contributed by atoms with Gasteiger partial charge in [-0.05, 0) is 55.0 Å². The highest BCUT2D eigenvalue weighted by molar-refractivity contribution is 6.04. The molecular formula is C31H37N7O3. The Bertz CT molecular complexity index is 1490. The first-order valence-electron chi connectivity index (χ1n) is 14.0. The second kappa shape index (κ2) is 12.9. The van der Waals surface area contributed by atoms with Crippen LogP contribution in [-0.2, 0) is 6.54 Å². The smallest absolute Gasteiger partial charge is 0.325 e. The molecule has 2 aromatic carbocycles. The van der Waals surface area contributed by atoms with Gasteiger partial charge in [-0.3, -0.25) is 19.2 Å². The molecule has 1 aliphatic rings. The number of carbonyl (C=O) groups is 2. The van der Waals surface area contributed by atoms with Gasteiger partial charge in [-0.2, -0.15) is 0 Å². The molecule has 2 aromatic heterocycles. The third kappa shape index (κ3) is 6.57. The van der Waals surface area contributed by atoms with E-state index in [1.807, 2.05) is 60.7 Å². The Morgan fingerprint density at radius 1 is 0.951 bits per heavy atom. The predicted molar refractivity (Wildman–Crippen MR) is 162 cm³/mol. The highest BCUT2D eigenvalue weighted by Gasteiger charge is 2.17. The fourth-order valence-electron chi connectivity index (χ4n) is 5.29. The maximum Gasteiger partial charge on any atom is 0.325 e. The van der Waals surface area contributed by atoms with Crippen LogP contribution in [0.25, 0.3) is 10.9 Å². The van der Waals surface area contributed by atoms with Gasteiger partial charge >= 0.3 is 6.03 Å². The van der Waals surface area contributed by atoms with E-state index in [9.17, 15) is 9.59 Å². The summed E-state index contributed by atoms with van der Waals surface area (Å²) in [6.07, 6.45) is 3.45. The largest absolute Gasteiger partial charge is 0.395 e. The van der Waals surface area contributed by atoms with Crippen molar-refractivity contribution in [3.63, 3.8) is 0 Å². The van der Waals surface area contributed by atoms with E-state index in [1.54, 1.807) is 24.0 Å². The third-order valence-corrected chi connectivity index (χ3v) is 7.53. The number of β-amino-alcohol motifs (C(OH)–C–C–N with tert-alkyl or cyclic N) is 1. The molecule has 214 valence electrons. The summed E-state index contributed by atoms with van der Waals surface area (Å²) in [5, 5.41) is 15.7. The van der Waals surface area contributed by atoms with Gasteiger partial charge in [0.2, 0.25) is 0 Å². The van der Waals surface area contributed by atoms with Gasteiger partial charge in [-0.1, -0.05) is 12.1 Å². The van der Waals surface area contributed by atoms with Gasteiger partial charge in [-0.25, -0.2) is 9.78 Å². The number of hydrogen-bond acceptors (Lipinski definition) is 7. The lowest BCUT2D eigenvalue weighted by Crippen LogP contribution is -2.46. The maximum atomic E-state index is 13.0. The Labute approximate surface area is 240 Å². The molecule has 0 radical (unpaired) electrons. The number of nitrogens with zero attached hydrogens (tertiary/aromatic N) is 5. The summed E-state index contributed by atoms with van der Waals surface area (Å²) in [6.45, 7) is 8.40. The van der Waals surface area contributed by atoms with E-state index in [0.717, 1.165) is 61.5 Å². The van der Waals surface area contributed by atoms with Crippen LogP contribution in [0.3, 0.4) is 0 Å². The Morgan fingerprint density at radius 3 is 2.39 bits per heavy atom. The number of amides is 2. The van der Waals surface area contributed by atoms with Gasteiger partial charge in [0.25, 0.3) is 5.91 Å². The molecule has 3 N–H and O–H groups in total. The summed E-state index contributed by atoms with van der Waals surface area (Å²) in [7, 11) is 1.61. The van der Waals surface area contributed by atoms with E-state index in [0.29, 0.717) is 17.9 Å². The van der Waals surface area contributed by atoms with Gasteiger partial charge in [0.05, 0.1) is 12.1 Å². The zero-order valence-electron chi connectivity index (χ0n) is 23.6. The van der Waals surface area contributed by atoms with E-state index in [4.69, 9.17) is 5.11 Å². The molecular weight excluding hydrogens is 518 g/mol. The molecule has 1 aliphatic heterocycles. The number of pyridine rings is 1. The molecule has 5 rings (SSSR count). The van der Waals surface area contributed by atoms with Gasteiger partial charge in [0.1, 0.15) is 5.82 Å². The number of benzene rings is 2. The van der Waals surface area contributed by atoms with Crippen molar-refractivity contribution in [1.82, 2.24) is 24.7 Å². The Morgan fingerprint density at radius 2 is 1.68 bits per heavy atom. The van der Waals surface area contributed by atoms with E-state index in [1.165, 1.54) is 5.56 Å². The Kier molecular flexibility index (Phi) is 8.93. The second-order valence-corrected chi connectivity index (χ2v) is 10.1. The van der Waals surface area contributed by atoms with Gasteiger partial charge < -0.3 is 20.6 Å². The number of carbonyl (C=O) groups excluding carboxylic acids is 2. The lowest BCUT2D eigenvalue weighted by Gasteiger charge is -2.34. The van der Waals surface area contributed by atoms with Crippen molar-refractivity contribution >= 4 is 40.0 Å². The normalized spacial score (nSPS) is 14.2. The number of aromatic nitrogens is 2. The van der Waals surface area contributed by atoms with E-state index < -0.39 is 0 Å². The molecule has 10 nitrogen and oxygen atoms in total. The quantitative estimate of drug-likeness (QED) is 0.289. The lowest BCUT2D eigenvalue weighted by molar-refractivity contribution is 0.102. The molecule has 0 aliphatic carbocycles. The number of aliphatic hydroxyl groups is 1. The van der Waals surface area contributed by atoms with Crippen molar-refractivity contribution in [2.45, 2.75) is 13.5 Å². The van der Waals surface area contributed by atoms with Gasteiger partial charge in [0.15, 0.2) is 0 Å². The summed E-state index contributed by atoms with van der Waals surface area (Å²) in [5.41, 5.74) is 4.45. The first-order chi connectivity index (χ1) is 20.0. The summed E-state index contributed by atoms with van der Waals surface area (Å²) in [4.78, 5) is 36.3. The fraction of sp³-hybridized carbons (Fsp3) is 0.323. The molecule has 1 fully saturated rings. The van der Waals surface area contributed by atoms with Crippen LogP contribution in [0.2, 0.25) is 0 Å². The van der Waals surface area contributed by atoms with Gasteiger partial charge in [0, 0.05) is 93.6 Å². The number of aliphatic hydroxyl groups excluding tert-OH is 1. The minimum absolute atomic E-state index is 0.183. The van der Waals surface area contributed by atoms with Crippen LogP contribution in [0, 0.1) is 0 Å². The lowest BCUT2D eigenvalue weighted by atomic mass is 10.1. The van der Waals surface area contributed by atoms with Crippen LogP contribution in [-0.4, -0.2) is 89.3 Å². The molecule has 0 bridgehead atoms. The Hall–Kier alpha value is -4.25. The van der Waals surface area contributed by atoms with Crippen LogP contribution in [0.4, 0.5) is 22.0 Å². The number of anilines is 3. The van der Waals surface area contributed by atoms with Crippen molar-refractivity contribution in [1.29, 1.82) is 0 Å². The van der Waals surface area contributed by atoms with Crippen molar-refractivity contribution in [3.05, 3.63) is 84.2 Å². The molecule has 0 saturated carbocycles. The monoisotopic (exact) mass is 555 g/mol. The Balaban J connectivity index is 1.23. The zero-order chi connectivity index (χ0) is 28.8. The molecule has 10 heteroatoms. The van der Waals surface area contributed by atoms with Crippen LogP contribution < -0.4 is 15.5 Å². The number of rotatable bonds is 9. The van der Waals surface area contributed by atoms with Crippen LogP contribution in [0.1, 0.15) is 22.8 Å². The number of hydrogen-bond donors (Lipinski definition) is 3. The number of nitrogens with one attached hydrogen (secondary N) is 2. The van der Waals surface area contributed by atoms with E-state index in [-0.39, 0.29) is 18.5 Å². The first-order valence-corrected chi connectivity index (χ1v) is 14.0. The van der Waals surface area contributed by atoms with Crippen LogP contribution in [0.15, 0.2) is 73.1 Å². The van der Waals surface area contributed by atoms with Crippen LogP contribution in [0.5, 0.6) is 0 Å². The van der Waals surface area contributed by atoms with Crippen molar-refractivity contribution in [2.75, 3.05) is 63.1 Å². The standard InChI is InChI=1S/C31H37N7O3/c1-3-37(26-8-9-28-25(20-26)11-13-38(28)31(41)32-2)27-10-12-33-29(21-27)34-30(40)24-6-4-23(5-7-24)22-36-16-14-35(15-17-36)18-19-39/h4-13,20-21,39H,3,14-19,22H2,1-2H3,(H,32,41)(H,33,34,40). The van der Waals surface area contributed by atoms with Gasteiger partial charge in [-0.15, -0.1) is 0 Å². The third-order valence-electron chi connectivity index (χ3n) is 7.53. The summed E-state index contributed by atoms with van der Waals surface area (Å²) in [5.74, 6) is 0.265. The van der Waals surface area contributed by atoms with E-state index in [2.05, 4.69) is 37.2 Å². The number of piperazine rings is 1. The molecule has 0 atom stereocenters. The molecule has 4 aromatic rings. The fourth-order valence-corrected chi connectivity index (χ4v) is 5.29. The molecule has 2 amide bonds. The predicted octanol–water partition coefficient (Wildman–Crippen LogP) is 3.74. The average Bonchev–Trinajstić information content (AvgIpc) is 3.42. The molecule has 41 heavy (non-hydrogen) atoms.